The summed E-state index contributed by atoms with van der Waals surface area (Å²) in [7, 11) is 0. The third kappa shape index (κ3) is 4.28. The molecule has 1 saturated heterocycles. The van der Waals surface area contributed by atoms with Crippen molar-refractivity contribution in [2.75, 3.05) is 39.4 Å². The van der Waals surface area contributed by atoms with Crippen LogP contribution in [-0.2, 0) is 4.74 Å². The summed E-state index contributed by atoms with van der Waals surface area (Å²) in [4.78, 5) is 26.6. The number of carbonyl (C=O) groups excluding carboxylic acids is 1. The number of amides is 1. The summed E-state index contributed by atoms with van der Waals surface area (Å²) < 4.78 is 5.30. The summed E-state index contributed by atoms with van der Waals surface area (Å²) >= 11 is 0. The number of carboxylic acid groups (broad SMARTS) is 1. The van der Waals surface area contributed by atoms with Gasteiger partial charge in [-0.25, -0.2) is 4.79 Å². The van der Waals surface area contributed by atoms with E-state index in [2.05, 4.69) is 10.2 Å². The van der Waals surface area contributed by atoms with Crippen LogP contribution in [0.4, 0.5) is 0 Å². The van der Waals surface area contributed by atoms with Gasteiger partial charge in [0.05, 0.1) is 24.3 Å². The number of rotatable bonds is 6. The number of aromatic carboxylic acids is 1. The van der Waals surface area contributed by atoms with Crippen molar-refractivity contribution in [2.45, 2.75) is 0 Å². The van der Waals surface area contributed by atoms with Gasteiger partial charge in [0, 0.05) is 26.2 Å². The SMILES string of the molecule is O=C(NCCN1CCOCC1)c1cccc(-c2ccccc2)c1C(=O)O. The van der Waals surface area contributed by atoms with Gasteiger partial charge in [-0.15, -0.1) is 0 Å². The highest BCUT2D eigenvalue weighted by atomic mass is 16.5. The lowest BCUT2D eigenvalue weighted by Gasteiger charge is -2.26. The molecule has 2 aromatic carbocycles. The Morgan fingerprint density at radius 2 is 1.77 bits per heavy atom. The highest BCUT2D eigenvalue weighted by Crippen LogP contribution is 2.26. The molecule has 3 rings (SSSR count). The molecule has 2 N–H and O–H groups in total. The molecule has 0 spiro atoms. The first-order valence-corrected chi connectivity index (χ1v) is 8.67. The van der Waals surface area contributed by atoms with E-state index in [4.69, 9.17) is 4.74 Å². The van der Waals surface area contributed by atoms with E-state index in [1.807, 2.05) is 30.3 Å². The van der Waals surface area contributed by atoms with Crippen molar-refractivity contribution in [3.05, 3.63) is 59.7 Å². The lowest BCUT2D eigenvalue weighted by atomic mass is 9.95. The van der Waals surface area contributed by atoms with Crippen LogP contribution in [0.15, 0.2) is 48.5 Å². The minimum absolute atomic E-state index is 0.0302. The molecule has 6 heteroatoms. The van der Waals surface area contributed by atoms with Gasteiger partial charge < -0.3 is 15.2 Å². The smallest absolute Gasteiger partial charge is 0.337 e. The molecule has 26 heavy (non-hydrogen) atoms. The van der Waals surface area contributed by atoms with Crippen molar-refractivity contribution in [2.24, 2.45) is 0 Å². The van der Waals surface area contributed by atoms with Gasteiger partial charge in [-0.1, -0.05) is 42.5 Å². The van der Waals surface area contributed by atoms with Crippen molar-refractivity contribution in [1.29, 1.82) is 0 Å². The fraction of sp³-hybridized carbons (Fsp3) is 0.300. The molecule has 1 heterocycles. The first kappa shape index (κ1) is 18.1. The van der Waals surface area contributed by atoms with Crippen molar-refractivity contribution in [3.63, 3.8) is 0 Å². The number of carbonyl (C=O) groups is 2. The first-order valence-electron chi connectivity index (χ1n) is 8.67. The van der Waals surface area contributed by atoms with Crippen LogP contribution >= 0.6 is 0 Å². The Hall–Kier alpha value is -2.70. The zero-order chi connectivity index (χ0) is 18.4. The molecule has 0 aromatic heterocycles. The van der Waals surface area contributed by atoms with E-state index in [0.717, 1.165) is 25.2 Å². The summed E-state index contributed by atoms with van der Waals surface area (Å²) in [5.41, 5.74) is 1.52. The molecule has 136 valence electrons. The standard InChI is InChI=1S/C20H22N2O4/c23-19(21-9-10-22-11-13-26-14-12-22)17-8-4-7-16(18(17)20(24)25)15-5-2-1-3-6-15/h1-8H,9-14H2,(H,21,23)(H,24,25). The minimum atomic E-state index is -1.11. The second-order valence-corrected chi connectivity index (χ2v) is 6.11. The zero-order valence-corrected chi connectivity index (χ0v) is 14.5. The molecule has 0 saturated carbocycles. The first-order chi connectivity index (χ1) is 12.7. The maximum Gasteiger partial charge on any atom is 0.337 e. The Morgan fingerprint density at radius 1 is 1.04 bits per heavy atom. The highest BCUT2D eigenvalue weighted by Gasteiger charge is 2.21. The van der Waals surface area contributed by atoms with E-state index in [-0.39, 0.29) is 17.0 Å². The van der Waals surface area contributed by atoms with Crippen LogP contribution in [0.3, 0.4) is 0 Å². The third-order valence-electron chi connectivity index (χ3n) is 4.43. The number of hydrogen-bond acceptors (Lipinski definition) is 4. The second kappa shape index (κ2) is 8.60. The number of nitrogens with zero attached hydrogens (tertiary/aromatic N) is 1. The van der Waals surface area contributed by atoms with Crippen LogP contribution in [0.2, 0.25) is 0 Å². The van der Waals surface area contributed by atoms with Gasteiger partial charge in [0.15, 0.2) is 0 Å². The number of ether oxygens (including phenoxy) is 1. The van der Waals surface area contributed by atoms with E-state index in [0.29, 0.717) is 25.3 Å². The molecule has 2 aromatic rings. The summed E-state index contributed by atoms with van der Waals surface area (Å²) in [6.45, 7) is 4.29. The molecule has 0 atom stereocenters. The molecule has 6 nitrogen and oxygen atoms in total. The van der Waals surface area contributed by atoms with Crippen LogP contribution in [-0.4, -0.2) is 61.3 Å². The Kier molecular flexibility index (Phi) is 5.99. The van der Waals surface area contributed by atoms with Crippen LogP contribution in [0.5, 0.6) is 0 Å². The fourth-order valence-electron chi connectivity index (χ4n) is 3.08. The van der Waals surface area contributed by atoms with Crippen molar-refractivity contribution in [1.82, 2.24) is 10.2 Å². The van der Waals surface area contributed by atoms with Gasteiger partial charge in [-0.3, -0.25) is 9.69 Å². The van der Waals surface area contributed by atoms with Gasteiger partial charge in [-0.2, -0.15) is 0 Å². The van der Waals surface area contributed by atoms with Crippen LogP contribution in [0.25, 0.3) is 11.1 Å². The minimum Gasteiger partial charge on any atom is -0.478 e. The van der Waals surface area contributed by atoms with Crippen molar-refractivity contribution >= 4 is 11.9 Å². The molecule has 0 aliphatic carbocycles. The zero-order valence-electron chi connectivity index (χ0n) is 14.5. The molecular formula is C20H22N2O4. The average molecular weight is 354 g/mol. The quantitative estimate of drug-likeness (QED) is 0.831. The largest absolute Gasteiger partial charge is 0.478 e. The summed E-state index contributed by atoms with van der Waals surface area (Å²) in [6, 6.07) is 14.2. The number of hydrogen-bond donors (Lipinski definition) is 2. The Morgan fingerprint density at radius 3 is 2.46 bits per heavy atom. The number of benzene rings is 2. The van der Waals surface area contributed by atoms with E-state index in [9.17, 15) is 14.7 Å². The summed E-state index contributed by atoms with van der Waals surface area (Å²) in [6.07, 6.45) is 0. The Bertz CT molecular complexity index is 771. The van der Waals surface area contributed by atoms with Gasteiger partial charge >= 0.3 is 5.97 Å². The van der Waals surface area contributed by atoms with Gasteiger partial charge in [-0.05, 0) is 17.2 Å². The number of carboxylic acids is 1. The molecular weight excluding hydrogens is 332 g/mol. The Labute approximate surface area is 152 Å². The van der Waals surface area contributed by atoms with E-state index in [1.54, 1.807) is 18.2 Å². The lowest BCUT2D eigenvalue weighted by molar-refractivity contribution is 0.0383. The van der Waals surface area contributed by atoms with Crippen molar-refractivity contribution in [3.8, 4) is 11.1 Å². The monoisotopic (exact) mass is 354 g/mol. The Balaban J connectivity index is 1.76. The van der Waals surface area contributed by atoms with Crippen LogP contribution in [0.1, 0.15) is 20.7 Å². The van der Waals surface area contributed by atoms with Gasteiger partial charge in [0.2, 0.25) is 0 Å². The van der Waals surface area contributed by atoms with E-state index >= 15 is 0 Å². The predicted molar refractivity (Wildman–Crippen MR) is 98.4 cm³/mol. The van der Waals surface area contributed by atoms with Gasteiger partial charge in [0.25, 0.3) is 5.91 Å². The molecule has 1 aliphatic rings. The normalized spacial score (nSPS) is 14.8. The van der Waals surface area contributed by atoms with Crippen LogP contribution < -0.4 is 5.32 Å². The molecule has 0 unspecified atom stereocenters. The molecule has 1 fully saturated rings. The molecule has 1 amide bonds. The topological polar surface area (TPSA) is 78.9 Å². The number of nitrogens with one attached hydrogen (secondary N) is 1. The molecule has 1 aliphatic heterocycles. The maximum absolute atomic E-state index is 12.6. The second-order valence-electron chi connectivity index (χ2n) is 6.11. The van der Waals surface area contributed by atoms with E-state index < -0.39 is 5.97 Å². The number of morpholine rings is 1. The van der Waals surface area contributed by atoms with Crippen molar-refractivity contribution < 1.29 is 19.4 Å². The summed E-state index contributed by atoms with van der Waals surface area (Å²) in [5, 5.41) is 12.5. The molecule has 0 bridgehead atoms. The summed E-state index contributed by atoms with van der Waals surface area (Å²) in [5.74, 6) is -1.48. The molecule has 0 radical (unpaired) electrons. The highest BCUT2D eigenvalue weighted by molar-refractivity contribution is 6.08. The van der Waals surface area contributed by atoms with Crippen LogP contribution in [0, 0.1) is 0 Å². The lowest BCUT2D eigenvalue weighted by Crippen LogP contribution is -2.41. The fourth-order valence-corrected chi connectivity index (χ4v) is 3.08. The average Bonchev–Trinajstić information content (AvgIpc) is 2.68. The van der Waals surface area contributed by atoms with Gasteiger partial charge in [0.1, 0.15) is 0 Å². The third-order valence-corrected chi connectivity index (χ3v) is 4.43. The maximum atomic E-state index is 12.6. The predicted octanol–water partition coefficient (Wildman–Crippen LogP) is 2.11. The van der Waals surface area contributed by atoms with E-state index in [1.165, 1.54) is 0 Å².